The molecule has 5 nitrogen and oxygen atoms in total. The van der Waals surface area contributed by atoms with Crippen molar-refractivity contribution in [2.75, 3.05) is 19.7 Å². The number of rotatable bonds is 2. The van der Waals surface area contributed by atoms with Gasteiger partial charge in [0.15, 0.2) is 0 Å². The summed E-state index contributed by atoms with van der Waals surface area (Å²) in [6.07, 6.45) is 0.812. The van der Waals surface area contributed by atoms with E-state index < -0.39 is 0 Å². The minimum Gasteiger partial charge on any atom is -0.493 e. The zero-order chi connectivity index (χ0) is 13.4. The van der Waals surface area contributed by atoms with Crippen LogP contribution in [0, 0.1) is 0 Å². The number of piperazine rings is 1. The minimum absolute atomic E-state index is 0.190. The van der Waals surface area contributed by atoms with Gasteiger partial charge in [0.1, 0.15) is 5.75 Å². The molecule has 19 heavy (non-hydrogen) atoms. The van der Waals surface area contributed by atoms with Crippen LogP contribution in [0.1, 0.15) is 11.1 Å². The van der Waals surface area contributed by atoms with Gasteiger partial charge in [-0.25, -0.2) is 0 Å². The number of ether oxygens (including phenoxy) is 1. The van der Waals surface area contributed by atoms with Crippen LogP contribution in [0.15, 0.2) is 12.1 Å². The fourth-order valence-electron chi connectivity index (χ4n) is 2.42. The molecule has 1 N–H and O–H groups in total. The molecule has 0 unspecified atom stereocenters. The molecule has 6 heteroatoms. The molecule has 2 aliphatic heterocycles. The van der Waals surface area contributed by atoms with Crippen LogP contribution in [0.4, 0.5) is 0 Å². The van der Waals surface area contributed by atoms with Crippen LogP contribution in [0.2, 0.25) is 5.02 Å². The van der Waals surface area contributed by atoms with Gasteiger partial charge in [0.05, 0.1) is 26.2 Å². The Balaban J connectivity index is 1.91. The summed E-state index contributed by atoms with van der Waals surface area (Å²) in [6, 6.07) is 3.63. The van der Waals surface area contributed by atoms with Crippen molar-refractivity contribution >= 4 is 23.4 Å². The van der Waals surface area contributed by atoms with E-state index in [4.69, 9.17) is 16.3 Å². The number of carbonyl (C=O) groups is 2. The lowest BCUT2D eigenvalue weighted by molar-refractivity contribution is -0.147. The monoisotopic (exact) mass is 280 g/mol. The third kappa shape index (κ3) is 2.31. The van der Waals surface area contributed by atoms with Crippen molar-refractivity contribution in [3.8, 4) is 5.75 Å². The topological polar surface area (TPSA) is 58.6 Å². The number of halogens is 1. The van der Waals surface area contributed by atoms with Crippen molar-refractivity contribution in [1.82, 2.24) is 10.2 Å². The molecule has 1 fully saturated rings. The normalized spacial score (nSPS) is 18.5. The minimum atomic E-state index is -0.219. The van der Waals surface area contributed by atoms with Crippen molar-refractivity contribution < 1.29 is 14.3 Å². The lowest BCUT2D eigenvalue weighted by Gasteiger charge is -2.26. The lowest BCUT2D eigenvalue weighted by Crippen LogP contribution is -2.51. The third-order valence-electron chi connectivity index (χ3n) is 3.31. The van der Waals surface area contributed by atoms with Crippen molar-refractivity contribution in [2.45, 2.75) is 13.0 Å². The number of fused-ring (bicyclic) bond motifs is 1. The highest BCUT2D eigenvalue weighted by Crippen LogP contribution is 2.33. The van der Waals surface area contributed by atoms with E-state index >= 15 is 0 Å². The van der Waals surface area contributed by atoms with Crippen molar-refractivity contribution in [3.05, 3.63) is 28.3 Å². The zero-order valence-corrected chi connectivity index (χ0v) is 11.0. The first-order chi connectivity index (χ1) is 9.15. The van der Waals surface area contributed by atoms with Crippen LogP contribution in [-0.4, -0.2) is 36.4 Å². The smallest absolute Gasteiger partial charge is 0.243 e. The summed E-state index contributed by atoms with van der Waals surface area (Å²) < 4.78 is 5.57. The molecule has 3 rings (SSSR count). The second-order valence-electron chi connectivity index (χ2n) is 4.63. The Bertz CT molecular complexity index is 543. The molecule has 1 saturated heterocycles. The molecule has 0 radical (unpaired) electrons. The van der Waals surface area contributed by atoms with E-state index in [1.54, 1.807) is 6.07 Å². The average Bonchev–Trinajstić information content (AvgIpc) is 2.81. The standard InChI is InChI=1S/C13H13ClN2O3/c14-10-3-8-1-2-19-13(8)9(4-10)7-16-11(17)5-15-6-12(16)18/h3-4,15H,1-2,5-7H2. The maximum atomic E-state index is 11.8. The van der Waals surface area contributed by atoms with Gasteiger partial charge in [-0.3, -0.25) is 19.8 Å². The van der Waals surface area contributed by atoms with Gasteiger partial charge >= 0.3 is 0 Å². The van der Waals surface area contributed by atoms with Crippen LogP contribution in [0.5, 0.6) is 5.75 Å². The van der Waals surface area contributed by atoms with Crippen molar-refractivity contribution in [3.63, 3.8) is 0 Å². The highest BCUT2D eigenvalue weighted by molar-refractivity contribution is 6.30. The summed E-state index contributed by atoms with van der Waals surface area (Å²) in [5, 5.41) is 3.37. The molecule has 0 saturated carbocycles. The zero-order valence-electron chi connectivity index (χ0n) is 10.2. The largest absolute Gasteiger partial charge is 0.493 e. The van der Waals surface area contributed by atoms with E-state index in [2.05, 4.69) is 5.32 Å². The fraction of sp³-hybridized carbons (Fsp3) is 0.385. The number of benzene rings is 1. The second-order valence-corrected chi connectivity index (χ2v) is 5.07. The van der Waals surface area contributed by atoms with Crippen LogP contribution >= 0.6 is 11.6 Å². The Labute approximate surface area is 115 Å². The molecule has 0 atom stereocenters. The molecule has 0 aromatic heterocycles. The number of hydrogen-bond donors (Lipinski definition) is 1. The summed E-state index contributed by atoms with van der Waals surface area (Å²) in [6.45, 7) is 1.22. The summed E-state index contributed by atoms with van der Waals surface area (Å²) >= 11 is 6.06. The van der Waals surface area contributed by atoms with Gasteiger partial charge in [-0.1, -0.05) is 11.6 Å². The molecule has 0 spiro atoms. The van der Waals surface area contributed by atoms with Gasteiger partial charge in [-0.15, -0.1) is 0 Å². The Morgan fingerprint density at radius 1 is 1.26 bits per heavy atom. The number of carbonyl (C=O) groups excluding carboxylic acids is 2. The molecule has 1 aromatic carbocycles. The van der Waals surface area contributed by atoms with Gasteiger partial charge in [0.25, 0.3) is 0 Å². The lowest BCUT2D eigenvalue weighted by atomic mass is 10.1. The van der Waals surface area contributed by atoms with E-state index in [0.717, 1.165) is 23.3 Å². The van der Waals surface area contributed by atoms with Crippen LogP contribution in [-0.2, 0) is 22.6 Å². The number of nitrogens with zero attached hydrogens (tertiary/aromatic N) is 1. The average molecular weight is 281 g/mol. The molecule has 2 heterocycles. The van der Waals surface area contributed by atoms with E-state index in [1.807, 2.05) is 6.07 Å². The van der Waals surface area contributed by atoms with E-state index in [1.165, 1.54) is 4.90 Å². The number of nitrogens with one attached hydrogen (secondary N) is 1. The quantitative estimate of drug-likeness (QED) is 0.812. The van der Waals surface area contributed by atoms with Crippen molar-refractivity contribution in [2.24, 2.45) is 0 Å². The molecule has 2 amide bonds. The SMILES string of the molecule is O=C1CNCC(=O)N1Cc1cc(Cl)cc2c1OCC2. The highest BCUT2D eigenvalue weighted by Gasteiger charge is 2.28. The van der Waals surface area contributed by atoms with E-state index in [0.29, 0.717) is 11.6 Å². The second kappa shape index (κ2) is 4.83. The maximum absolute atomic E-state index is 11.8. The Kier molecular flexibility index (Phi) is 3.16. The van der Waals surface area contributed by atoms with Gasteiger partial charge in [0, 0.05) is 17.0 Å². The summed E-state index contributed by atoms with van der Waals surface area (Å²) in [5.74, 6) is 0.328. The first kappa shape index (κ1) is 12.4. The summed E-state index contributed by atoms with van der Waals surface area (Å²) in [7, 11) is 0. The molecular weight excluding hydrogens is 268 g/mol. The highest BCUT2D eigenvalue weighted by atomic mass is 35.5. The Morgan fingerprint density at radius 2 is 2.00 bits per heavy atom. The van der Waals surface area contributed by atoms with Gasteiger partial charge in [-0.2, -0.15) is 0 Å². The maximum Gasteiger partial charge on any atom is 0.243 e. The van der Waals surface area contributed by atoms with Crippen molar-refractivity contribution in [1.29, 1.82) is 0 Å². The molecule has 100 valence electrons. The molecule has 0 bridgehead atoms. The van der Waals surface area contributed by atoms with Crippen LogP contribution < -0.4 is 10.1 Å². The van der Waals surface area contributed by atoms with Gasteiger partial charge in [0.2, 0.25) is 11.8 Å². The first-order valence-corrected chi connectivity index (χ1v) is 6.51. The van der Waals surface area contributed by atoms with Crippen LogP contribution in [0.3, 0.4) is 0 Å². The first-order valence-electron chi connectivity index (χ1n) is 6.13. The molecular formula is C13H13ClN2O3. The Morgan fingerprint density at radius 3 is 2.74 bits per heavy atom. The summed E-state index contributed by atoms with van der Waals surface area (Å²) in [4.78, 5) is 24.8. The third-order valence-corrected chi connectivity index (χ3v) is 3.53. The summed E-state index contributed by atoms with van der Waals surface area (Å²) in [5.41, 5.74) is 1.83. The molecule has 1 aromatic rings. The Hall–Kier alpha value is -1.59. The number of imide groups is 1. The predicted molar refractivity (Wildman–Crippen MR) is 69.1 cm³/mol. The van der Waals surface area contributed by atoms with Gasteiger partial charge < -0.3 is 4.74 Å². The van der Waals surface area contributed by atoms with Gasteiger partial charge in [-0.05, 0) is 17.7 Å². The van der Waals surface area contributed by atoms with Crippen LogP contribution in [0.25, 0.3) is 0 Å². The molecule has 0 aliphatic carbocycles. The fourth-order valence-corrected chi connectivity index (χ4v) is 2.68. The predicted octanol–water partition coefficient (Wildman–Crippen LogP) is 0.733. The number of hydrogen-bond acceptors (Lipinski definition) is 4. The molecule has 2 aliphatic rings. The van der Waals surface area contributed by atoms with E-state index in [9.17, 15) is 9.59 Å². The van der Waals surface area contributed by atoms with E-state index in [-0.39, 0.29) is 31.4 Å². The number of amides is 2.